The summed E-state index contributed by atoms with van der Waals surface area (Å²) in [4.78, 5) is 20.6. The molecule has 1 aliphatic heterocycles. The largest absolute Gasteiger partial charge is 0.486 e. The van der Waals surface area contributed by atoms with Crippen LogP contribution in [0.4, 0.5) is 0 Å². The van der Waals surface area contributed by atoms with Crippen molar-refractivity contribution in [2.24, 2.45) is 0 Å². The Morgan fingerprint density at radius 1 is 1.21 bits per heavy atom. The van der Waals surface area contributed by atoms with Gasteiger partial charge in [-0.25, -0.2) is 0 Å². The summed E-state index contributed by atoms with van der Waals surface area (Å²) < 4.78 is 16.2. The number of hydrogen-bond acceptors (Lipinski definition) is 7. The van der Waals surface area contributed by atoms with E-state index in [4.69, 9.17) is 25.6 Å². The molecule has 0 atom stereocenters. The minimum absolute atomic E-state index is 0.136. The van der Waals surface area contributed by atoms with E-state index in [1.54, 1.807) is 18.3 Å². The van der Waals surface area contributed by atoms with Crippen molar-refractivity contribution in [2.75, 3.05) is 13.2 Å². The van der Waals surface area contributed by atoms with Crippen LogP contribution in [-0.2, 0) is 17.8 Å². The first kappa shape index (κ1) is 18.2. The molecule has 1 aromatic carbocycles. The number of nitrogens with one attached hydrogen (secondary N) is 1. The second-order valence-electron chi connectivity index (χ2n) is 6.11. The molecule has 0 radical (unpaired) electrons. The van der Waals surface area contributed by atoms with Crippen molar-refractivity contribution in [1.82, 2.24) is 20.4 Å². The molecular formula is C19H17ClN4O4. The van der Waals surface area contributed by atoms with Crippen LogP contribution in [0.1, 0.15) is 17.9 Å². The molecule has 2 aromatic heterocycles. The van der Waals surface area contributed by atoms with Gasteiger partial charge in [0, 0.05) is 25.6 Å². The number of nitrogens with zero attached hydrogens (tertiary/aromatic N) is 3. The third-order valence-electron chi connectivity index (χ3n) is 4.07. The number of aryl methyl sites for hydroxylation is 1. The number of amides is 1. The highest BCUT2D eigenvalue weighted by molar-refractivity contribution is 6.32. The Morgan fingerprint density at radius 3 is 2.96 bits per heavy atom. The van der Waals surface area contributed by atoms with Crippen LogP contribution in [0.3, 0.4) is 0 Å². The first-order valence-corrected chi connectivity index (χ1v) is 9.15. The average Bonchev–Trinajstić information content (AvgIpc) is 3.21. The molecule has 0 bridgehead atoms. The third-order valence-corrected chi connectivity index (χ3v) is 4.36. The number of ether oxygens (including phenoxy) is 2. The number of halogens is 1. The lowest BCUT2D eigenvalue weighted by molar-refractivity contribution is -0.121. The second kappa shape index (κ2) is 8.26. The van der Waals surface area contributed by atoms with Crippen LogP contribution in [0.2, 0.25) is 5.02 Å². The number of carbonyl (C=O) groups is 1. The van der Waals surface area contributed by atoms with Crippen LogP contribution < -0.4 is 14.8 Å². The van der Waals surface area contributed by atoms with Crippen LogP contribution in [0.15, 0.2) is 41.1 Å². The van der Waals surface area contributed by atoms with Crippen LogP contribution in [0.5, 0.6) is 11.5 Å². The number of aromatic nitrogens is 3. The zero-order chi connectivity index (χ0) is 19.3. The highest BCUT2D eigenvalue weighted by Gasteiger charge is 2.17. The predicted molar refractivity (Wildman–Crippen MR) is 100 cm³/mol. The molecule has 144 valence electrons. The molecule has 0 saturated carbocycles. The van der Waals surface area contributed by atoms with Gasteiger partial charge >= 0.3 is 0 Å². The maximum Gasteiger partial charge on any atom is 0.227 e. The number of fused-ring (bicyclic) bond motifs is 1. The fourth-order valence-corrected chi connectivity index (χ4v) is 3.02. The standard InChI is InChI=1S/C19H17ClN4O4/c20-13-9-12(10-15-18(13)27-8-7-26-15)11-22-16(25)4-5-17-23-19(24-28-17)14-3-1-2-6-21-14/h1-3,6,9-10H,4-5,7-8,11H2,(H,22,25). The highest BCUT2D eigenvalue weighted by atomic mass is 35.5. The van der Waals surface area contributed by atoms with E-state index in [0.29, 0.717) is 60.1 Å². The van der Waals surface area contributed by atoms with Crippen molar-refractivity contribution in [3.63, 3.8) is 0 Å². The maximum absolute atomic E-state index is 12.1. The van der Waals surface area contributed by atoms with Crippen molar-refractivity contribution in [3.05, 3.63) is 53.0 Å². The molecule has 4 rings (SSSR count). The summed E-state index contributed by atoms with van der Waals surface area (Å²) >= 11 is 6.21. The normalized spacial score (nSPS) is 12.6. The van der Waals surface area contributed by atoms with Gasteiger partial charge in [0.15, 0.2) is 11.5 Å². The SMILES string of the molecule is O=C(CCc1nc(-c2ccccn2)no1)NCc1cc(Cl)c2c(c1)OCCO2. The molecule has 8 nitrogen and oxygen atoms in total. The fourth-order valence-electron chi connectivity index (χ4n) is 2.73. The van der Waals surface area contributed by atoms with Crippen molar-refractivity contribution >= 4 is 17.5 Å². The summed E-state index contributed by atoms with van der Waals surface area (Å²) in [6.07, 6.45) is 2.22. The van der Waals surface area contributed by atoms with E-state index in [-0.39, 0.29) is 12.3 Å². The molecule has 0 aliphatic carbocycles. The molecule has 1 N–H and O–H groups in total. The van der Waals surface area contributed by atoms with E-state index >= 15 is 0 Å². The van der Waals surface area contributed by atoms with Crippen molar-refractivity contribution in [3.8, 4) is 23.0 Å². The van der Waals surface area contributed by atoms with E-state index in [2.05, 4.69) is 20.4 Å². The van der Waals surface area contributed by atoms with Crippen molar-refractivity contribution in [1.29, 1.82) is 0 Å². The molecule has 9 heteroatoms. The molecule has 0 spiro atoms. The van der Waals surface area contributed by atoms with E-state index < -0.39 is 0 Å². The van der Waals surface area contributed by atoms with Crippen molar-refractivity contribution in [2.45, 2.75) is 19.4 Å². The smallest absolute Gasteiger partial charge is 0.227 e. The molecular weight excluding hydrogens is 384 g/mol. The van der Waals surface area contributed by atoms with Gasteiger partial charge in [-0.05, 0) is 29.8 Å². The van der Waals surface area contributed by atoms with Gasteiger partial charge in [-0.1, -0.05) is 22.8 Å². The van der Waals surface area contributed by atoms with Crippen molar-refractivity contribution < 1.29 is 18.8 Å². The Bertz CT molecular complexity index is 977. The quantitative estimate of drug-likeness (QED) is 0.679. The molecule has 3 aromatic rings. The minimum atomic E-state index is -0.136. The van der Waals surface area contributed by atoms with Crippen LogP contribution in [0, 0.1) is 0 Å². The Kier molecular flexibility index (Phi) is 5.38. The lowest BCUT2D eigenvalue weighted by Crippen LogP contribution is -2.23. The van der Waals surface area contributed by atoms with Crippen LogP contribution in [-0.4, -0.2) is 34.2 Å². The van der Waals surface area contributed by atoms with Gasteiger partial charge < -0.3 is 19.3 Å². The van der Waals surface area contributed by atoms with E-state index in [1.165, 1.54) is 0 Å². The summed E-state index contributed by atoms with van der Waals surface area (Å²) in [6, 6.07) is 9.02. The van der Waals surface area contributed by atoms with E-state index in [0.717, 1.165) is 5.56 Å². The van der Waals surface area contributed by atoms with Crippen LogP contribution >= 0.6 is 11.6 Å². The number of rotatable bonds is 6. The predicted octanol–water partition coefficient (Wildman–Crippen LogP) is 2.81. The summed E-state index contributed by atoms with van der Waals surface area (Å²) in [5.74, 6) is 1.79. The minimum Gasteiger partial charge on any atom is -0.486 e. The van der Waals surface area contributed by atoms with Gasteiger partial charge in [0.1, 0.15) is 18.9 Å². The molecule has 1 aliphatic rings. The Balaban J connectivity index is 1.30. The summed E-state index contributed by atoms with van der Waals surface area (Å²) in [6.45, 7) is 1.28. The molecule has 1 amide bonds. The average molecular weight is 401 g/mol. The van der Waals surface area contributed by atoms with Gasteiger partial charge in [-0.3, -0.25) is 9.78 Å². The lowest BCUT2D eigenvalue weighted by atomic mass is 10.2. The summed E-state index contributed by atoms with van der Waals surface area (Å²) in [7, 11) is 0. The molecule has 0 fully saturated rings. The Labute approximate surface area is 165 Å². The summed E-state index contributed by atoms with van der Waals surface area (Å²) in [5.41, 5.74) is 1.45. The summed E-state index contributed by atoms with van der Waals surface area (Å²) in [5, 5.41) is 7.20. The number of pyridine rings is 1. The van der Waals surface area contributed by atoms with Gasteiger partial charge in [0.2, 0.25) is 17.6 Å². The van der Waals surface area contributed by atoms with Gasteiger partial charge in [0.25, 0.3) is 0 Å². The van der Waals surface area contributed by atoms with Gasteiger partial charge in [-0.15, -0.1) is 0 Å². The first-order valence-electron chi connectivity index (χ1n) is 8.78. The highest BCUT2D eigenvalue weighted by Crippen LogP contribution is 2.38. The zero-order valence-corrected chi connectivity index (χ0v) is 15.6. The number of carbonyl (C=O) groups excluding carboxylic acids is 1. The number of benzene rings is 1. The lowest BCUT2D eigenvalue weighted by Gasteiger charge is -2.20. The Hall–Kier alpha value is -3.13. The monoisotopic (exact) mass is 400 g/mol. The van der Waals surface area contributed by atoms with E-state index in [9.17, 15) is 4.79 Å². The topological polar surface area (TPSA) is 99.4 Å². The first-order chi connectivity index (χ1) is 13.7. The van der Waals surface area contributed by atoms with Gasteiger partial charge in [0.05, 0.1) is 5.02 Å². The maximum atomic E-state index is 12.1. The molecule has 3 heterocycles. The zero-order valence-electron chi connectivity index (χ0n) is 14.9. The second-order valence-corrected chi connectivity index (χ2v) is 6.51. The Morgan fingerprint density at radius 2 is 2.11 bits per heavy atom. The number of hydrogen-bond donors (Lipinski definition) is 1. The fraction of sp³-hybridized carbons (Fsp3) is 0.263. The van der Waals surface area contributed by atoms with E-state index in [1.807, 2.05) is 18.2 Å². The molecule has 0 saturated heterocycles. The van der Waals surface area contributed by atoms with Gasteiger partial charge in [-0.2, -0.15) is 4.98 Å². The molecule has 28 heavy (non-hydrogen) atoms. The molecule has 0 unspecified atom stereocenters. The van der Waals surface area contributed by atoms with Crippen LogP contribution in [0.25, 0.3) is 11.5 Å². The third kappa shape index (κ3) is 4.23.